The van der Waals surface area contributed by atoms with Gasteiger partial charge in [0.05, 0.1) is 13.8 Å². The summed E-state index contributed by atoms with van der Waals surface area (Å²) < 4.78 is 6.58. The van der Waals surface area contributed by atoms with Crippen LogP contribution in [0.4, 0.5) is 0 Å². The Labute approximate surface area is 186 Å². The molecule has 0 N–H and O–H groups in total. The molecule has 31 heavy (non-hydrogen) atoms. The molecule has 4 aromatic rings. The van der Waals surface area contributed by atoms with Crippen molar-refractivity contribution >= 4 is 35.2 Å². The summed E-state index contributed by atoms with van der Waals surface area (Å²) in [6, 6.07) is 13.8. The van der Waals surface area contributed by atoms with Gasteiger partial charge in [-0.05, 0) is 72.7 Å². The van der Waals surface area contributed by atoms with Gasteiger partial charge in [-0.15, -0.1) is 0 Å². The summed E-state index contributed by atoms with van der Waals surface area (Å²) in [6.45, 7) is 11.5. The quantitative estimate of drug-likeness (QED) is 0.311. The summed E-state index contributed by atoms with van der Waals surface area (Å²) in [4.78, 5) is 4.80. The standard InChI is InChI=1S/C28H33NOSi/c1-18-15-19(2)27(29-17-18)22-12-14-25(31(3,4)5)26-23-16-21(20-9-7-6-8-10-20)11-13-24(23)30-28(22)26/h11-17,20H,6-10H2,1-5H3. The van der Waals surface area contributed by atoms with Gasteiger partial charge in [0.2, 0.25) is 0 Å². The molecule has 0 radical (unpaired) electrons. The van der Waals surface area contributed by atoms with Crippen molar-refractivity contribution < 1.29 is 4.42 Å². The number of nitrogens with zero attached hydrogens (tertiary/aromatic N) is 1. The molecule has 1 aliphatic rings. The number of rotatable bonds is 3. The second-order valence-corrected chi connectivity index (χ2v) is 15.5. The monoisotopic (exact) mass is 427 g/mol. The van der Waals surface area contributed by atoms with Crippen molar-refractivity contribution in [2.75, 3.05) is 0 Å². The number of furan rings is 1. The van der Waals surface area contributed by atoms with Crippen molar-refractivity contribution in [1.29, 1.82) is 0 Å². The third-order valence-corrected chi connectivity index (χ3v) is 9.03. The van der Waals surface area contributed by atoms with Gasteiger partial charge in [-0.25, -0.2) is 0 Å². The number of aryl methyl sites for hydroxylation is 2. The van der Waals surface area contributed by atoms with Crippen molar-refractivity contribution in [2.45, 2.75) is 71.5 Å². The zero-order valence-corrected chi connectivity index (χ0v) is 20.5. The first-order valence-corrected chi connectivity index (χ1v) is 15.3. The minimum Gasteiger partial charge on any atom is -0.455 e. The van der Waals surface area contributed by atoms with E-state index in [0.29, 0.717) is 5.92 Å². The lowest BCUT2D eigenvalue weighted by molar-refractivity contribution is 0.444. The van der Waals surface area contributed by atoms with E-state index in [4.69, 9.17) is 9.40 Å². The Bertz CT molecular complexity index is 1270. The van der Waals surface area contributed by atoms with Crippen LogP contribution in [0.3, 0.4) is 0 Å². The van der Waals surface area contributed by atoms with Crippen molar-refractivity contribution in [3.05, 3.63) is 59.3 Å². The minimum atomic E-state index is -1.56. The highest BCUT2D eigenvalue weighted by molar-refractivity contribution is 6.90. The van der Waals surface area contributed by atoms with E-state index in [1.807, 2.05) is 6.20 Å². The van der Waals surface area contributed by atoms with Gasteiger partial charge in [-0.3, -0.25) is 4.98 Å². The molecule has 5 rings (SSSR count). The number of fused-ring (bicyclic) bond motifs is 3. The van der Waals surface area contributed by atoms with E-state index in [-0.39, 0.29) is 0 Å². The molecule has 0 atom stereocenters. The molecular formula is C28H33NOSi. The Morgan fingerprint density at radius 2 is 1.71 bits per heavy atom. The zero-order valence-electron chi connectivity index (χ0n) is 19.5. The van der Waals surface area contributed by atoms with Crippen LogP contribution < -0.4 is 5.19 Å². The van der Waals surface area contributed by atoms with Crippen molar-refractivity contribution in [3.8, 4) is 11.3 Å². The lowest BCUT2D eigenvalue weighted by Gasteiger charge is -2.22. The van der Waals surface area contributed by atoms with Crippen molar-refractivity contribution in [2.24, 2.45) is 0 Å². The number of hydrogen-bond acceptors (Lipinski definition) is 2. The fourth-order valence-corrected chi connectivity index (χ4v) is 6.98. The molecule has 1 fully saturated rings. The van der Waals surface area contributed by atoms with E-state index in [2.05, 4.69) is 69.9 Å². The third-order valence-electron chi connectivity index (χ3n) is 7.00. The lowest BCUT2D eigenvalue weighted by atomic mass is 9.84. The van der Waals surface area contributed by atoms with Crippen LogP contribution in [0.1, 0.15) is 54.7 Å². The molecule has 0 bridgehead atoms. The minimum absolute atomic E-state index is 0.697. The zero-order chi connectivity index (χ0) is 21.8. The molecule has 2 aromatic carbocycles. The summed E-state index contributed by atoms with van der Waals surface area (Å²) in [5, 5.41) is 4.10. The molecule has 2 heterocycles. The van der Waals surface area contributed by atoms with E-state index in [1.165, 1.54) is 64.8 Å². The Kier molecular flexibility index (Phi) is 5.05. The second-order valence-electron chi connectivity index (χ2n) is 10.5. The van der Waals surface area contributed by atoms with Crippen molar-refractivity contribution in [1.82, 2.24) is 4.98 Å². The Morgan fingerprint density at radius 3 is 2.42 bits per heavy atom. The summed E-state index contributed by atoms with van der Waals surface area (Å²) in [5.74, 6) is 0.697. The van der Waals surface area contributed by atoms with Crippen LogP contribution >= 0.6 is 0 Å². The van der Waals surface area contributed by atoms with Crippen LogP contribution in [-0.2, 0) is 0 Å². The highest BCUT2D eigenvalue weighted by Gasteiger charge is 2.26. The summed E-state index contributed by atoms with van der Waals surface area (Å²) >= 11 is 0. The molecule has 160 valence electrons. The highest BCUT2D eigenvalue weighted by Crippen LogP contribution is 2.39. The number of aromatic nitrogens is 1. The first kappa shape index (κ1) is 20.5. The molecule has 0 aliphatic heterocycles. The first-order chi connectivity index (χ1) is 14.8. The van der Waals surface area contributed by atoms with Gasteiger partial charge >= 0.3 is 0 Å². The normalized spacial score (nSPS) is 15.8. The van der Waals surface area contributed by atoms with Gasteiger partial charge in [-0.2, -0.15) is 0 Å². The number of hydrogen-bond donors (Lipinski definition) is 0. The fourth-order valence-electron chi connectivity index (χ4n) is 5.40. The second kappa shape index (κ2) is 7.63. The average molecular weight is 428 g/mol. The molecule has 3 heteroatoms. The van der Waals surface area contributed by atoms with E-state index in [9.17, 15) is 0 Å². The van der Waals surface area contributed by atoms with Crippen LogP contribution in [0.25, 0.3) is 33.2 Å². The van der Waals surface area contributed by atoms with E-state index in [0.717, 1.165) is 22.4 Å². The van der Waals surface area contributed by atoms with Crippen LogP contribution in [0.2, 0.25) is 19.6 Å². The molecule has 2 nitrogen and oxygen atoms in total. The van der Waals surface area contributed by atoms with Gasteiger partial charge in [0, 0.05) is 22.5 Å². The summed E-state index contributed by atoms with van der Waals surface area (Å²) in [7, 11) is -1.56. The first-order valence-electron chi connectivity index (χ1n) is 11.8. The predicted octanol–water partition coefficient (Wildman–Crippen LogP) is 7.86. The topological polar surface area (TPSA) is 26.0 Å². The van der Waals surface area contributed by atoms with Gasteiger partial charge in [0.1, 0.15) is 11.2 Å². The molecule has 0 amide bonds. The molecular weight excluding hydrogens is 394 g/mol. The maximum atomic E-state index is 6.58. The van der Waals surface area contributed by atoms with Gasteiger partial charge in [0.15, 0.2) is 0 Å². The van der Waals surface area contributed by atoms with Gasteiger partial charge in [-0.1, -0.05) is 57.1 Å². The predicted molar refractivity (Wildman–Crippen MR) is 135 cm³/mol. The molecule has 0 unspecified atom stereocenters. The number of pyridine rings is 1. The Morgan fingerprint density at radius 1 is 0.935 bits per heavy atom. The van der Waals surface area contributed by atoms with Crippen molar-refractivity contribution in [3.63, 3.8) is 0 Å². The smallest absolute Gasteiger partial charge is 0.144 e. The summed E-state index contributed by atoms with van der Waals surface area (Å²) in [6.07, 6.45) is 8.71. The van der Waals surface area contributed by atoms with E-state index >= 15 is 0 Å². The fraction of sp³-hybridized carbons (Fsp3) is 0.393. The van der Waals surface area contributed by atoms with E-state index in [1.54, 1.807) is 0 Å². The molecule has 0 saturated heterocycles. The van der Waals surface area contributed by atoms with Crippen LogP contribution in [0.5, 0.6) is 0 Å². The molecule has 2 aromatic heterocycles. The number of benzene rings is 2. The molecule has 0 spiro atoms. The SMILES string of the molecule is Cc1cnc(-c2ccc([Si](C)(C)C)c3c2oc2ccc(C4CCCCC4)cc23)c(C)c1. The molecule has 1 aliphatic carbocycles. The average Bonchev–Trinajstić information content (AvgIpc) is 3.12. The highest BCUT2D eigenvalue weighted by atomic mass is 28.3. The van der Waals surface area contributed by atoms with Gasteiger partial charge < -0.3 is 4.42 Å². The van der Waals surface area contributed by atoms with Crippen LogP contribution in [0, 0.1) is 13.8 Å². The third kappa shape index (κ3) is 3.63. The Hall–Kier alpha value is -2.39. The molecule has 1 saturated carbocycles. The largest absolute Gasteiger partial charge is 0.455 e. The maximum absolute atomic E-state index is 6.58. The van der Waals surface area contributed by atoms with Crippen LogP contribution in [0.15, 0.2) is 47.0 Å². The maximum Gasteiger partial charge on any atom is 0.144 e. The van der Waals surface area contributed by atoms with E-state index < -0.39 is 8.07 Å². The summed E-state index contributed by atoms with van der Waals surface area (Å²) in [5.41, 5.74) is 8.05. The Balaban J connectivity index is 1.80. The van der Waals surface area contributed by atoms with Crippen LogP contribution in [-0.4, -0.2) is 13.1 Å². The van der Waals surface area contributed by atoms with Gasteiger partial charge in [0.25, 0.3) is 0 Å². The lowest BCUT2D eigenvalue weighted by Crippen LogP contribution is -2.38.